The van der Waals surface area contributed by atoms with Gasteiger partial charge in [-0.3, -0.25) is 4.79 Å². The van der Waals surface area contributed by atoms with E-state index in [-0.39, 0.29) is 11.7 Å². The fourth-order valence-corrected chi connectivity index (χ4v) is 3.13. The standard InChI is InChI=1S/C16H19N5O2S/c1-11-18-15-12-6-3-4-7-13(12)19-16(21(15)20-11)24-10-14(22)17-8-5-9-23-2/h3-4,6-7H,5,8-10H2,1-2H3,(H,17,22). The predicted octanol–water partition coefficient (Wildman–Crippen LogP) is 1.83. The number of nitrogens with one attached hydrogen (secondary N) is 1. The third-order valence-corrected chi connectivity index (χ3v) is 4.36. The highest BCUT2D eigenvalue weighted by Gasteiger charge is 2.13. The third-order valence-electron chi connectivity index (χ3n) is 3.44. The molecule has 1 amide bonds. The van der Waals surface area contributed by atoms with Crippen molar-refractivity contribution in [2.24, 2.45) is 0 Å². The molecule has 0 aliphatic rings. The van der Waals surface area contributed by atoms with Crippen LogP contribution in [0.15, 0.2) is 29.4 Å². The van der Waals surface area contributed by atoms with Gasteiger partial charge in [-0.1, -0.05) is 23.9 Å². The molecule has 3 aromatic rings. The van der Waals surface area contributed by atoms with Gasteiger partial charge in [-0.15, -0.1) is 5.10 Å². The van der Waals surface area contributed by atoms with Crippen LogP contribution in [-0.4, -0.2) is 51.5 Å². The summed E-state index contributed by atoms with van der Waals surface area (Å²) in [6.45, 7) is 3.09. The highest BCUT2D eigenvalue weighted by atomic mass is 32.2. The number of fused-ring (bicyclic) bond motifs is 3. The van der Waals surface area contributed by atoms with Gasteiger partial charge in [0.25, 0.3) is 0 Å². The first-order valence-electron chi connectivity index (χ1n) is 7.69. The number of hydrogen-bond donors (Lipinski definition) is 1. The minimum atomic E-state index is -0.0314. The molecule has 7 nitrogen and oxygen atoms in total. The van der Waals surface area contributed by atoms with E-state index in [1.807, 2.05) is 31.2 Å². The quantitative estimate of drug-likeness (QED) is 0.400. The Bertz CT molecular complexity index is 864. The number of para-hydroxylation sites is 1. The largest absolute Gasteiger partial charge is 0.385 e. The van der Waals surface area contributed by atoms with Crippen LogP contribution in [0.1, 0.15) is 12.2 Å². The molecule has 2 heterocycles. The van der Waals surface area contributed by atoms with E-state index in [2.05, 4.69) is 20.4 Å². The number of nitrogens with zero attached hydrogens (tertiary/aromatic N) is 4. The molecule has 0 aliphatic carbocycles. The van der Waals surface area contributed by atoms with Crippen LogP contribution in [-0.2, 0) is 9.53 Å². The summed E-state index contributed by atoms with van der Waals surface area (Å²) in [6.07, 6.45) is 0.799. The minimum Gasteiger partial charge on any atom is -0.385 e. The van der Waals surface area contributed by atoms with Crippen LogP contribution < -0.4 is 5.32 Å². The number of thioether (sulfide) groups is 1. The van der Waals surface area contributed by atoms with E-state index in [1.165, 1.54) is 11.8 Å². The number of carbonyl (C=O) groups is 1. The maximum Gasteiger partial charge on any atom is 0.230 e. The Hall–Kier alpha value is -2.19. The molecule has 24 heavy (non-hydrogen) atoms. The summed E-state index contributed by atoms with van der Waals surface area (Å²) in [5.74, 6) is 0.932. The highest BCUT2D eigenvalue weighted by molar-refractivity contribution is 7.99. The second-order valence-electron chi connectivity index (χ2n) is 5.29. The molecule has 0 aliphatic heterocycles. The second kappa shape index (κ2) is 7.59. The van der Waals surface area contributed by atoms with Crippen LogP contribution >= 0.6 is 11.8 Å². The molecule has 1 aromatic carbocycles. The van der Waals surface area contributed by atoms with Crippen molar-refractivity contribution in [3.05, 3.63) is 30.1 Å². The average Bonchev–Trinajstić information content (AvgIpc) is 2.98. The summed E-state index contributed by atoms with van der Waals surface area (Å²) in [7, 11) is 1.65. The normalized spacial score (nSPS) is 11.2. The number of amides is 1. The summed E-state index contributed by atoms with van der Waals surface area (Å²) >= 11 is 1.36. The van der Waals surface area contributed by atoms with Gasteiger partial charge in [0.15, 0.2) is 10.8 Å². The van der Waals surface area contributed by atoms with Crippen molar-refractivity contribution in [3.8, 4) is 0 Å². The molecule has 0 bridgehead atoms. The SMILES string of the molecule is COCCCNC(=O)CSc1nc2ccccc2c2nc(C)nn12. The lowest BCUT2D eigenvalue weighted by molar-refractivity contribution is -0.118. The summed E-state index contributed by atoms with van der Waals surface area (Å²) in [5.41, 5.74) is 1.61. The summed E-state index contributed by atoms with van der Waals surface area (Å²) in [6, 6.07) is 7.80. The van der Waals surface area contributed by atoms with Gasteiger partial charge in [0.1, 0.15) is 5.82 Å². The molecule has 0 atom stereocenters. The van der Waals surface area contributed by atoms with E-state index in [0.717, 1.165) is 23.0 Å². The Kier molecular flexibility index (Phi) is 5.27. The first kappa shape index (κ1) is 16.7. The Morgan fingerprint density at radius 1 is 1.33 bits per heavy atom. The van der Waals surface area contributed by atoms with E-state index < -0.39 is 0 Å². The Balaban J connectivity index is 1.77. The molecule has 0 radical (unpaired) electrons. The number of benzene rings is 1. The number of aryl methyl sites for hydroxylation is 1. The van der Waals surface area contributed by atoms with Gasteiger partial charge in [-0.2, -0.15) is 4.52 Å². The molecule has 0 fully saturated rings. The molecule has 0 saturated heterocycles. The van der Waals surface area contributed by atoms with Crippen molar-refractivity contribution in [3.63, 3.8) is 0 Å². The molecular weight excluding hydrogens is 326 g/mol. The first-order chi connectivity index (χ1) is 11.7. The van der Waals surface area contributed by atoms with Crippen molar-refractivity contribution < 1.29 is 9.53 Å². The van der Waals surface area contributed by atoms with Crippen LogP contribution in [0.5, 0.6) is 0 Å². The summed E-state index contributed by atoms with van der Waals surface area (Å²) < 4.78 is 6.67. The van der Waals surface area contributed by atoms with E-state index >= 15 is 0 Å². The van der Waals surface area contributed by atoms with Gasteiger partial charge in [0, 0.05) is 25.6 Å². The van der Waals surface area contributed by atoms with Gasteiger partial charge in [-0.05, 0) is 25.5 Å². The van der Waals surface area contributed by atoms with E-state index in [1.54, 1.807) is 11.6 Å². The number of ether oxygens (including phenoxy) is 1. The molecule has 1 N–H and O–H groups in total. The Morgan fingerprint density at radius 2 is 2.17 bits per heavy atom. The fourth-order valence-electron chi connectivity index (χ4n) is 2.35. The Labute approximate surface area is 143 Å². The van der Waals surface area contributed by atoms with Gasteiger partial charge in [0.05, 0.1) is 11.3 Å². The molecule has 0 unspecified atom stereocenters. The third kappa shape index (κ3) is 3.65. The maximum atomic E-state index is 11.9. The van der Waals surface area contributed by atoms with Gasteiger partial charge < -0.3 is 10.1 Å². The maximum absolute atomic E-state index is 11.9. The smallest absolute Gasteiger partial charge is 0.230 e. The molecule has 8 heteroatoms. The van der Waals surface area contributed by atoms with Crippen molar-refractivity contribution in [1.82, 2.24) is 24.9 Å². The number of methoxy groups -OCH3 is 1. The number of aromatic nitrogens is 4. The zero-order chi connectivity index (χ0) is 16.9. The van der Waals surface area contributed by atoms with E-state index in [4.69, 9.17) is 4.74 Å². The lowest BCUT2D eigenvalue weighted by Gasteiger charge is -2.07. The highest BCUT2D eigenvalue weighted by Crippen LogP contribution is 2.23. The van der Waals surface area contributed by atoms with Crippen molar-refractivity contribution in [1.29, 1.82) is 0 Å². The summed E-state index contributed by atoms with van der Waals surface area (Å²) in [5, 5.41) is 8.88. The monoisotopic (exact) mass is 345 g/mol. The Morgan fingerprint density at radius 3 is 3.00 bits per heavy atom. The number of carbonyl (C=O) groups excluding carboxylic acids is 1. The van der Waals surface area contributed by atoms with Gasteiger partial charge in [-0.25, -0.2) is 9.97 Å². The molecule has 3 rings (SSSR count). The zero-order valence-corrected chi connectivity index (χ0v) is 14.5. The van der Waals surface area contributed by atoms with Gasteiger partial charge >= 0.3 is 0 Å². The van der Waals surface area contributed by atoms with Gasteiger partial charge in [0.2, 0.25) is 5.91 Å². The van der Waals surface area contributed by atoms with E-state index in [0.29, 0.717) is 24.1 Å². The lowest BCUT2D eigenvalue weighted by Crippen LogP contribution is -2.27. The van der Waals surface area contributed by atoms with Crippen molar-refractivity contribution in [2.75, 3.05) is 26.0 Å². The van der Waals surface area contributed by atoms with Crippen molar-refractivity contribution in [2.45, 2.75) is 18.5 Å². The summed E-state index contributed by atoms with van der Waals surface area (Å²) in [4.78, 5) is 21.0. The fraction of sp³-hybridized carbons (Fsp3) is 0.375. The average molecular weight is 345 g/mol. The lowest BCUT2D eigenvalue weighted by atomic mass is 10.2. The molecule has 2 aromatic heterocycles. The van der Waals surface area contributed by atoms with Crippen LogP contribution in [0.3, 0.4) is 0 Å². The molecular formula is C16H19N5O2S. The van der Waals surface area contributed by atoms with Crippen LogP contribution in [0.25, 0.3) is 16.6 Å². The number of hydrogen-bond acceptors (Lipinski definition) is 6. The zero-order valence-electron chi connectivity index (χ0n) is 13.7. The second-order valence-corrected chi connectivity index (χ2v) is 6.23. The van der Waals surface area contributed by atoms with E-state index in [9.17, 15) is 4.79 Å². The first-order valence-corrected chi connectivity index (χ1v) is 8.68. The minimum absolute atomic E-state index is 0.0314. The number of rotatable bonds is 7. The molecule has 126 valence electrons. The van der Waals surface area contributed by atoms with Crippen LogP contribution in [0.2, 0.25) is 0 Å². The molecule has 0 saturated carbocycles. The topological polar surface area (TPSA) is 81.4 Å². The predicted molar refractivity (Wildman–Crippen MR) is 93.3 cm³/mol. The molecule has 0 spiro atoms. The van der Waals surface area contributed by atoms with Crippen LogP contribution in [0.4, 0.5) is 0 Å². The van der Waals surface area contributed by atoms with Crippen LogP contribution in [0, 0.1) is 6.92 Å². The van der Waals surface area contributed by atoms with Crippen molar-refractivity contribution >= 4 is 34.2 Å².